The topological polar surface area (TPSA) is 78.0 Å². The van der Waals surface area contributed by atoms with Crippen molar-refractivity contribution >= 4 is 5.91 Å². The van der Waals surface area contributed by atoms with Crippen LogP contribution in [0.2, 0.25) is 0 Å². The first-order valence-electron chi connectivity index (χ1n) is 5.15. The number of halogens is 1. The number of aryl methyl sites for hydroxylation is 1. The molecule has 0 unspecified atom stereocenters. The molecule has 1 amide bonds. The number of nitrogens with zero attached hydrogens (tertiary/aromatic N) is 2. The minimum atomic E-state index is -0.809. The average molecular weight is 247 g/mol. The van der Waals surface area contributed by atoms with Crippen LogP contribution in [0.3, 0.4) is 0 Å². The summed E-state index contributed by atoms with van der Waals surface area (Å²) in [7, 11) is 0. The van der Waals surface area contributed by atoms with Crippen LogP contribution in [0.1, 0.15) is 15.9 Å². The second-order valence-electron chi connectivity index (χ2n) is 3.76. The molecule has 18 heavy (non-hydrogen) atoms. The largest absolute Gasteiger partial charge is 0.365 e. The first-order chi connectivity index (χ1) is 8.50. The average Bonchev–Trinajstić information content (AvgIpc) is 2.30. The molecule has 92 valence electrons. The van der Waals surface area contributed by atoms with Crippen molar-refractivity contribution in [2.24, 2.45) is 5.73 Å². The van der Waals surface area contributed by atoms with Crippen molar-refractivity contribution in [1.29, 1.82) is 0 Å². The molecule has 0 radical (unpaired) electrons. The molecule has 0 atom stereocenters. The molecule has 1 heterocycles. The van der Waals surface area contributed by atoms with Gasteiger partial charge in [0.1, 0.15) is 11.4 Å². The lowest BCUT2D eigenvalue weighted by Crippen LogP contribution is -2.31. The van der Waals surface area contributed by atoms with Crippen molar-refractivity contribution in [3.63, 3.8) is 0 Å². The summed E-state index contributed by atoms with van der Waals surface area (Å²) in [6.07, 6.45) is 1.37. The number of hydrogen-bond acceptors (Lipinski definition) is 3. The van der Waals surface area contributed by atoms with E-state index in [-0.39, 0.29) is 5.56 Å². The fourth-order valence-electron chi connectivity index (χ4n) is 1.60. The zero-order chi connectivity index (χ0) is 13.3. The maximum absolute atomic E-state index is 12.8. The van der Waals surface area contributed by atoms with E-state index in [1.54, 1.807) is 6.92 Å². The van der Waals surface area contributed by atoms with E-state index in [0.29, 0.717) is 11.3 Å². The molecule has 0 saturated heterocycles. The number of aromatic nitrogens is 2. The Labute approximate surface area is 102 Å². The van der Waals surface area contributed by atoms with Gasteiger partial charge >= 0.3 is 0 Å². The van der Waals surface area contributed by atoms with Crippen LogP contribution in [0.15, 0.2) is 35.3 Å². The summed E-state index contributed by atoms with van der Waals surface area (Å²) in [6, 6.07) is 5.19. The molecule has 0 fully saturated rings. The first-order valence-corrected chi connectivity index (χ1v) is 5.15. The summed E-state index contributed by atoms with van der Waals surface area (Å²) in [5.74, 6) is -1.23. The molecule has 0 aliphatic heterocycles. The van der Waals surface area contributed by atoms with Crippen LogP contribution in [0, 0.1) is 12.7 Å². The summed E-state index contributed by atoms with van der Waals surface area (Å²) >= 11 is 0. The first kappa shape index (κ1) is 12.0. The third-order valence-corrected chi connectivity index (χ3v) is 2.49. The van der Waals surface area contributed by atoms with Crippen LogP contribution in [-0.2, 0) is 0 Å². The molecule has 2 N–H and O–H groups in total. The quantitative estimate of drug-likeness (QED) is 0.851. The van der Waals surface area contributed by atoms with Crippen LogP contribution in [-0.4, -0.2) is 15.7 Å². The molecule has 0 spiro atoms. The van der Waals surface area contributed by atoms with Crippen LogP contribution in [0.5, 0.6) is 0 Å². The van der Waals surface area contributed by atoms with E-state index in [1.165, 1.54) is 30.5 Å². The maximum Gasteiger partial charge on any atom is 0.284 e. The number of amides is 1. The van der Waals surface area contributed by atoms with Crippen LogP contribution >= 0.6 is 0 Å². The lowest BCUT2D eigenvalue weighted by molar-refractivity contribution is 0.0997. The summed E-state index contributed by atoms with van der Waals surface area (Å²) in [4.78, 5) is 23.2. The third-order valence-electron chi connectivity index (χ3n) is 2.49. The van der Waals surface area contributed by atoms with E-state index in [1.807, 2.05) is 0 Å². The Balaban J connectivity index is 2.67. The number of primary amides is 1. The smallest absolute Gasteiger partial charge is 0.284 e. The molecular formula is C12H10FN3O2. The second-order valence-corrected chi connectivity index (χ2v) is 3.76. The van der Waals surface area contributed by atoms with Gasteiger partial charge in [0, 0.05) is 0 Å². The number of rotatable bonds is 2. The second kappa shape index (κ2) is 4.40. The van der Waals surface area contributed by atoms with Gasteiger partial charge in [-0.3, -0.25) is 9.59 Å². The normalized spacial score (nSPS) is 10.3. The Hall–Kier alpha value is -2.50. The zero-order valence-corrected chi connectivity index (χ0v) is 9.55. The lowest BCUT2D eigenvalue weighted by atomic mass is 10.2. The monoisotopic (exact) mass is 247 g/mol. The number of carbonyl (C=O) groups is 1. The van der Waals surface area contributed by atoms with Gasteiger partial charge in [0.25, 0.3) is 11.5 Å². The summed E-state index contributed by atoms with van der Waals surface area (Å²) < 4.78 is 13.8. The van der Waals surface area contributed by atoms with E-state index in [4.69, 9.17) is 5.73 Å². The maximum atomic E-state index is 12.8. The molecule has 0 aliphatic carbocycles. The minimum absolute atomic E-state index is 0.116. The van der Waals surface area contributed by atoms with E-state index in [9.17, 15) is 14.0 Å². The Morgan fingerprint density at radius 1 is 1.33 bits per heavy atom. The highest BCUT2D eigenvalue weighted by atomic mass is 19.1. The summed E-state index contributed by atoms with van der Waals surface area (Å²) in [6.45, 7) is 1.57. The number of benzene rings is 1. The van der Waals surface area contributed by atoms with Gasteiger partial charge in [0.2, 0.25) is 0 Å². The molecule has 2 rings (SSSR count). The van der Waals surface area contributed by atoms with Crippen molar-refractivity contribution in [3.8, 4) is 5.69 Å². The molecule has 1 aromatic carbocycles. The highest BCUT2D eigenvalue weighted by molar-refractivity contribution is 5.93. The molecular weight excluding hydrogens is 237 g/mol. The molecule has 0 bridgehead atoms. The standard InChI is InChI=1S/C12H10FN3O2/c1-7-6-15-16(12(18)10(7)11(14)17)9-4-2-8(13)3-5-9/h2-6H,1H3,(H2,14,17). The van der Waals surface area contributed by atoms with Gasteiger partial charge in [-0.05, 0) is 36.8 Å². The van der Waals surface area contributed by atoms with Gasteiger partial charge in [0.15, 0.2) is 0 Å². The fourth-order valence-corrected chi connectivity index (χ4v) is 1.60. The SMILES string of the molecule is Cc1cnn(-c2ccc(F)cc2)c(=O)c1C(N)=O. The Morgan fingerprint density at radius 2 is 1.94 bits per heavy atom. The Bertz CT molecular complexity index is 662. The summed E-state index contributed by atoms with van der Waals surface area (Å²) in [5.41, 5.74) is 5.19. The Kier molecular flexibility index (Phi) is 2.93. The van der Waals surface area contributed by atoms with Gasteiger partial charge < -0.3 is 5.73 Å². The fraction of sp³-hybridized carbons (Fsp3) is 0.0833. The highest BCUT2D eigenvalue weighted by Crippen LogP contribution is 2.07. The molecule has 2 aromatic rings. The van der Waals surface area contributed by atoms with E-state index in [2.05, 4.69) is 5.10 Å². The van der Waals surface area contributed by atoms with Crippen LogP contribution in [0.25, 0.3) is 5.69 Å². The number of nitrogens with two attached hydrogens (primary N) is 1. The van der Waals surface area contributed by atoms with Crippen LogP contribution in [0.4, 0.5) is 4.39 Å². The zero-order valence-electron chi connectivity index (χ0n) is 9.55. The van der Waals surface area contributed by atoms with Gasteiger partial charge in [-0.25, -0.2) is 4.39 Å². The van der Waals surface area contributed by atoms with E-state index >= 15 is 0 Å². The molecule has 5 nitrogen and oxygen atoms in total. The molecule has 1 aromatic heterocycles. The van der Waals surface area contributed by atoms with Gasteiger partial charge in [-0.2, -0.15) is 9.78 Å². The van der Waals surface area contributed by atoms with Crippen molar-refractivity contribution in [2.45, 2.75) is 6.92 Å². The molecule has 6 heteroatoms. The molecule has 0 saturated carbocycles. The third kappa shape index (κ3) is 2.00. The Morgan fingerprint density at radius 3 is 2.50 bits per heavy atom. The predicted octanol–water partition coefficient (Wildman–Crippen LogP) is 0.779. The van der Waals surface area contributed by atoms with Gasteiger partial charge in [-0.15, -0.1) is 0 Å². The predicted molar refractivity (Wildman–Crippen MR) is 63.0 cm³/mol. The lowest BCUT2D eigenvalue weighted by Gasteiger charge is -2.07. The minimum Gasteiger partial charge on any atom is -0.365 e. The number of hydrogen-bond donors (Lipinski definition) is 1. The van der Waals surface area contributed by atoms with Gasteiger partial charge in [-0.1, -0.05) is 0 Å². The summed E-state index contributed by atoms with van der Waals surface area (Å²) in [5, 5.41) is 3.89. The van der Waals surface area contributed by atoms with Crippen LogP contribution < -0.4 is 11.3 Å². The van der Waals surface area contributed by atoms with E-state index in [0.717, 1.165) is 4.68 Å². The van der Waals surface area contributed by atoms with Crippen molar-refractivity contribution < 1.29 is 9.18 Å². The highest BCUT2D eigenvalue weighted by Gasteiger charge is 2.14. The number of carbonyl (C=O) groups excluding carboxylic acids is 1. The van der Waals surface area contributed by atoms with Crippen molar-refractivity contribution in [3.05, 3.63) is 57.8 Å². The van der Waals surface area contributed by atoms with Crippen molar-refractivity contribution in [2.75, 3.05) is 0 Å². The van der Waals surface area contributed by atoms with Crippen molar-refractivity contribution in [1.82, 2.24) is 9.78 Å². The molecule has 0 aliphatic rings. The van der Waals surface area contributed by atoms with Gasteiger partial charge in [0.05, 0.1) is 11.9 Å². The van der Waals surface area contributed by atoms with E-state index < -0.39 is 17.3 Å².